The summed E-state index contributed by atoms with van der Waals surface area (Å²) in [6.45, 7) is 2.16. The number of hydrogen-bond acceptors (Lipinski definition) is 2. The van der Waals surface area contributed by atoms with E-state index in [4.69, 9.17) is 11.6 Å². The summed E-state index contributed by atoms with van der Waals surface area (Å²) in [5.41, 5.74) is 1.06. The lowest BCUT2D eigenvalue weighted by Gasteiger charge is -2.13. The Morgan fingerprint density at radius 3 is 3.14 bits per heavy atom. The van der Waals surface area contributed by atoms with Gasteiger partial charge >= 0.3 is 0 Å². The van der Waals surface area contributed by atoms with Crippen LogP contribution >= 0.6 is 22.9 Å². The minimum atomic E-state index is 0.325. The molecule has 0 bridgehead atoms. The lowest BCUT2D eigenvalue weighted by atomic mass is 10.2. The minimum Gasteiger partial charge on any atom is -0.325 e. The van der Waals surface area contributed by atoms with Gasteiger partial charge in [0, 0.05) is 11.1 Å². The molecule has 1 unspecified atom stereocenters. The Morgan fingerprint density at radius 1 is 1.64 bits per heavy atom. The first-order valence-corrected chi connectivity index (χ1v) is 5.84. The van der Waals surface area contributed by atoms with E-state index >= 15 is 0 Å². The largest absolute Gasteiger partial charge is 0.325 e. The Labute approximate surface area is 92.2 Å². The fraction of sp³-hybridized carbons (Fsp3) is 0.300. The number of imidazole rings is 1. The highest BCUT2D eigenvalue weighted by Gasteiger charge is 2.11. The van der Waals surface area contributed by atoms with Gasteiger partial charge < -0.3 is 4.57 Å². The van der Waals surface area contributed by atoms with Gasteiger partial charge in [-0.15, -0.1) is 22.9 Å². The first-order valence-electron chi connectivity index (χ1n) is 4.43. The quantitative estimate of drug-likeness (QED) is 0.735. The van der Waals surface area contributed by atoms with Crippen LogP contribution in [0.25, 0.3) is 0 Å². The van der Waals surface area contributed by atoms with E-state index in [-0.39, 0.29) is 0 Å². The number of thiophene rings is 1. The second kappa shape index (κ2) is 4.15. The molecule has 0 aliphatic carbocycles. The van der Waals surface area contributed by atoms with E-state index < -0.39 is 0 Å². The SMILES string of the molecule is CC(c1cccs1)n1cncc1CCl. The molecule has 0 radical (unpaired) electrons. The van der Waals surface area contributed by atoms with Crippen molar-refractivity contribution in [1.29, 1.82) is 0 Å². The average Bonchev–Trinajstić information content (AvgIpc) is 2.87. The van der Waals surface area contributed by atoms with Crippen molar-refractivity contribution in [3.63, 3.8) is 0 Å². The van der Waals surface area contributed by atoms with E-state index in [1.807, 2.05) is 12.5 Å². The molecular weight excluding hydrogens is 216 g/mol. The smallest absolute Gasteiger partial charge is 0.0954 e. The topological polar surface area (TPSA) is 17.8 Å². The Kier molecular flexibility index (Phi) is 2.89. The number of aromatic nitrogens is 2. The molecule has 0 N–H and O–H groups in total. The second-order valence-corrected chi connectivity index (χ2v) is 4.36. The van der Waals surface area contributed by atoms with Crippen molar-refractivity contribution >= 4 is 22.9 Å². The Bertz CT molecular complexity index is 394. The van der Waals surface area contributed by atoms with Crippen LogP contribution in [0.3, 0.4) is 0 Å². The molecule has 1 atom stereocenters. The maximum Gasteiger partial charge on any atom is 0.0954 e. The van der Waals surface area contributed by atoms with Crippen molar-refractivity contribution in [2.45, 2.75) is 18.8 Å². The average molecular weight is 227 g/mol. The minimum absolute atomic E-state index is 0.325. The zero-order chi connectivity index (χ0) is 9.97. The van der Waals surface area contributed by atoms with Crippen molar-refractivity contribution in [1.82, 2.24) is 9.55 Å². The van der Waals surface area contributed by atoms with Gasteiger partial charge in [-0.3, -0.25) is 0 Å². The van der Waals surface area contributed by atoms with Gasteiger partial charge in [0.15, 0.2) is 0 Å². The summed E-state index contributed by atoms with van der Waals surface area (Å²) in [6, 6.07) is 4.52. The first kappa shape index (κ1) is 9.74. The summed E-state index contributed by atoms with van der Waals surface area (Å²) in [5.74, 6) is 0.510. The van der Waals surface area contributed by atoms with E-state index in [1.165, 1.54) is 4.88 Å². The van der Waals surface area contributed by atoms with Crippen molar-refractivity contribution in [2.24, 2.45) is 0 Å². The van der Waals surface area contributed by atoms with Gasteiger partial charge in [-0.25, -0.2) is 4.98 Å². The summed E-state index contributed by atoms with van der Waals surface area (Å²) >= 11 is 7.58. The van der Waals surface area contributed by atoms with Crippen LogP contribution in [0.4, 0.5) is 0 Å². The molecule has 0 saturated carbocycles. The predicted molar refractivity (Wildman–Crippen MR) is 59.9 cm³/mol. The van der Waals surface area contributed by atoms with Gasteiger partial charge in [0.1, 0.15) is 0 Å². The monoisotopic (exact) mass is 226 g/mol. The summed E-state index contributed by atoms with van der Waals surface area (Å²) in [6.07, 6.45) is 3.65. The third-order valence-electron chi connectivity index (χ3n) is 2.26. The van der Waals surface area contributed by atoms with Crippen LogP contribution in [-0.2, 0) is 5.88 Å². The molecule has 74 valence electrons. The van der Waals surface area contributed by atoms with Gasteiger partial charge in [0.2, 0.25) is 0 Å². The van der Waals surface area contributed by atoms with E-state index in [9.17, 15) is 0 Å². The van der Waals surface area contributed by atoms with Crippen molar-refractivity contribution in [2.75, 3.05) is 0 Å². The highest BCUT2D eigenvalue weighted by Crippen LogP contribution is 2.24. The fourth-order valence-electron chi connectivity index (χ4n) is 1.45. The molecule has 0 aliphatic heterocycles. The zero-order valence-electron chi connectivity index (χ0n) is 7.85. The van der Waals surface area contributed by atoms with Crippen LogP contribution in [0.5, 0.6) is 0 Å². The molecule has 2 heterocycles. The van der Waals surface area contributed by atoms with Gasteiger partial charge in [0.05, 0.1) is 23.9 Å². The summed E-state index contributed by atoms with van der Waals surface area (Å²) < 4.78 is 2.11. The maximum atomic E-state index is 5.82. The van der Waals surface area contributed by atoms with Crippen LogP contribution in [0.2, 0.25) is 0 Å². The third-order valence-corrected chi connectivity index (χ3v) is 3.57. The number of halogens is 1. The predicted octanol–water partition coefficient (Wildman–Crippen LogP) is 3.29. The summed E-state index contributed by atoms with van der Waals surface area (Å²) in [7, 11) is 0. The van der Waals surface area contributed by atoms with E-state index in [0.29, 0.717) is 11.9 Å². The molecule has 0 aromatic carbocycles. The Morgan fingerprint density at radius 2 is 2.50 bits per heavy atom. The van der Waals surface area contributed by atoms with Crippen LogP contribution in [-0.4, -0.2) is 9.55 Å². The summed E-state index contributed by atoms with van der Waals surface area (Å²) in [5, 5.41) is 2.09. The molecule has 0 saturated heterocycles. The molecule has 2 aromatic heterocycles. The van der Waals surface area contributed by atoms with Crippen LogP contribution in [0.15, 0.2) is 30.0 Å². The molecule has 0 fully saturated rings. The van der Waals surface area contributed by atoms with Crippen LogP contribution in [0.1, 0.15) is 23.5 Å². The molecule has 2 nitrogen and oxygen atoms in total. The van der Waals surface area contributed by atoms with Gasteiger partial charge in [0.25, 0.3) is 0 Å². The molecular formula is C10H11ClN2S. The van der Waals surface area contributed by atoms with E-state index in [1.54, 1.807) is 11.3 Å². The molecule has 2 rings (SSSR count). The number of nitrogens with zero attached hydrogens (tertiary/aromatic N) is 2. The second-order valence-electron chi connectivity index (χ2n) is 3.12. The maximum absolute atomic E-state index is 5.82. The molecule has 14 heavy (non-hydrogen) atoms. The van der Waals surface area contributed by atoms with E-state index in [0.717, 1.165) is 5.69 Å². The molecule has 0 amide bonds. The highest BCUT2D eigenvalue weighted by atomic mass is 35.5. The van der Waals surface area contributed by atoms with Gasteiger partial charge in [-0.2, -0.15) is 0 Å². The van der Waals surface area contributed by atoms with E-state index in [2.05, 4.69) is 34.0 Å². The summed E-state index contributed by atoms with van der Waals surface area (Å²) in [4.78, 5) is 5.44. The van der Waals surface area contributed by atoms with Gasteiger partial charge in [-0.1, -0.05) is 6.07 Å². The Hall–Kier alpha value is -0.800. The zero-order valence-corrected chi connectivity index (χ0v) is 9.42. The van der Waals surface area contributed by atoms with Crippen LogP contribution < -0.4 is 0 Å². The number of hydrogen-bond donors (Lipinski definition) is 0. The molecule has 0 spiro atoms. The fourth-order valence-corrected chi connectivity index (χ4v) is 2.44. The molecule has 2 aromatic rings. The van der Waals surface area contributed by atoms with Crippen molar-refractivity contribution in [3.05, 3.63) is 40.6 Å². The third kappa shape index (κ3) is 1.70. The van der Waals surface area contributed by atoms with Crippen LogP contribution in [0, 0.1) is 0 Å². The first-order chi connectivity index (χ1) is 6.83. The van der Waals surface area contributed by atoms with Crippen molar-refractivity contribution in [3.8, 4) is 0 Å². The molecule has 4 heteroatoms. The Balaban J connectivity index is 2.31. The standard InChI is InChI=1S/C10H11ClN2S/c1-8(10-3-2-4-14-10)13-7-12-6-9(13)5-11/h2-4,6-8H,5H2,1H3. The number of alkyl halides is 1. The van der Waals surface area contributed by atoms with Crippen molar-refractivity contribution < 1.29 is 0 Å². The lowest BCUT2D eigenvalue weighted by Crippen LogP contribution is -2.06. The lowest BCUT2D eigenvalue weighted by molar-refractivity contribution is 0.630. The number of rotatable bonds is 3. The molecule has 0 aliphatic rings. The van der Waals surface area contributed by atoms with Gasteiger partial charge in [-0.05, 0) is 18.4 Å². The highest BCUT2D eigenvalue weighted by molar-refractivity contribution is 7.10. The normalized spacial score (nSPS) is 13.0.